The summed E-state index contributed by atoms with van der Waals surface area (Å²) in [6.45, 7) is 2.86. The summed E-state index contributed by atoms with van der Waals surface area (Å²) in [4.78, 5) is 5.94. The SMILES string of the molecule is CC1CCN(c2ncc(Br)cc2F)C1CO. The number of hydrogen-bond donors (Lipinski definition) is 1. The van der Waals surface area contributed by atoms with E-state index in [4.69, 9.17) is 0 Å². The Bertz CT molecular complexity index is 388. The van der Waals surface area contributed by atoms with Crippen molar-refractivity contribution in [2.75, 3.05) is 18.1 Å². The van der Waals surface area contributed by atoms with Gasteiger partial charge in [0.15, 0.2) is 11.6 Å². The molecule has 0 spiro atoms. The van der Waals surface area contributed by atoms with Gasteiger partial charge in [0.2, 0.25) is 0 Å². The average molecular weight is 289 g/mol. The molecule has 1 aliphatic heterocycles. The van der Waals surface area contributed by atoms with Crippen LogP contribution in [0, 0.1) is 11.7 Å². The Morgan fingerprint density at radius 1 is 1.69 bits per heavy atom. The van der Waals surface area contributed by atoms with Crippen molar-refractivity contribution in [3.05, 3.63) is 22.6 Å². The molecule has 1 fully saturated rings. The molecule has 1 saturated heterocycles. The summed E-state index contributed by atoms with van der Waals surface area (Å²) in [6.07, 6.45) is 2.54. The van der Waals surface area contributed by atoms with Crippen LogP contribution in [-0.4, -0.2) is 29.3 Å². The predicted molar refractivity (Wildman–Crippen MR) is 63.9 cm³/mol. The molecule has 1 aromatic rings. The van der Waals surface area contributed by atoms with Crippen LogP contribution < -0.4 is 4.90 Å². The summed E-state index contributed by atoms with van der Waals surface area (Å²) in [5.74, 6) is 0.364. The minimum absolute atomic E-state index is 0.0248. The monoisotopic (exact) mass is 288 g/mol. The molecule has 1 aliphatic rings. The van der Waals surface area contributed by atoms with E-state index < -0.39 is 0 Å². The van der Waals surface area contributed by atoms with Crippen LogP contribution in [0.15, 0.2) is 16.7 Å². The van der Waals surface area contributed by atoms with Crippen LogP contribution in [0.5, 0.6) is 0 Å². The topological polar surface area (TPSA) is 36.4 Å². The van der Waals surface area contributed by atoms with Crippen LogP contribution >= 0.6 is 15.9 Å². The van der Waals surface area contributed by atoms with Crippen molar-refractivity contribution in [2.45, 2.75) is 19.4 Å². The third-order valence-corrected chi connectivity index (χ3v) is 3.56. The molecule has 1 aromatic heterocycles. The van der Waals surface area contributed by atoms with E-state index in [-0.39, 0.29) is 18.5 Å². The van der Waals surface area contributed by atoms with E-state index in [1.165, 1.54) is 6.07 Å². The number of nitrogens with zero attached hydrogens (tertiary/aromatic N) is 2. The second kappa shape index (κ2) is 4.67. The van der Waals surface area contributed by atoms with Crippen LogP contribution in [-0.2, 0) is 0 Å². The molecule has 1 N–H and O–H groups in total. The number of hydrogen-bond acceptors (Lipinski definition) is 3. The van der Waals surface area contributed by atoms with E-state index >= 15 is 0 Å². The van der Waals surface area contributed by atoms with Crippen molar-refractivity contribution >= 4 is 21.7 Å². The number of anilines is 1. The highest BCUT2D eigenvalue weighted by atomic mass is 79.9. The van der Waals surface area contributed by atoms with Crippen molar-refractivity contribution in [1.82, 2.24) is 4.98 Å². The molecule has 3 nitrogen and oxygen atoms in total. The molecular weight excluding hydrogens is 275 g/mol. The highest BCUT2D eigenvalue weighted by Crippen LogP contribution is 2.30. The molecular formula is C11H14BrFN2O. The standard InChI is InChI=1S/C11H14BrFN2O/c1-7-2-3-15(10(7)6-16)11-9(13)4-8(12)5-14-11/h4-5,7,10,16H,2-3,6H2,1H3. The average Bonchev–Trinajstić information content (AvgIpc) is 2.59. The summed E-state index contributed by atoms with van der Waals surface area (Å²) in [5.41, 5.74) is 0. The zero-order valence-electron chi connectivity index (χ0n) is 9.03. The molecule has 0 aromatic carbocycles. The number of aromatic nitrogens is 1. The quantitative estimate of drug-likeness (QED) is 0.906. The zero-order valence-corrected chi connectivity index (χ0v) is 10.6. The number of halogens is 2. The molecule has 88 valence electrons. The van der Waals surface area contributed by atoms with Crippen molar-refractivity contribution < 1.29 is 9.50 Å². The normalized spacial score (nSPS) is 25.1. The van der Waals surface area contributed by atoms with E-state index in [1.807, 2.05) is 4.90 Å². The highest BCUT2D eigenvalue weighted by Gasteiger charge is 2.32. The maximum atomic E-state index is 13.7. The molecule has 0 aliphatic carbocycles. The van der Waals surface area contributed by atoms with Crippen molar-refractivity contribution in [3.8, 4) is 0 Å². The molecule has 0 amide bonds. The van der Waals surface area contributed by atoms with E-state index in [1.54, 1.807) is 6.20 Å². The molecule has 5 heteroatoms. The molecule has 2 heterocycles. The van der Waals surface area contributed by atoms with E-state index in [0.717, 1.165) is 13.0 Å². The maximum Gasteiger partial charge on any atom is 0.166 e. The van der Waals surface area contributed by atoms with Gasteiger partial charge in [-0.15, -0.1) is 0 Å². The Kier molecular flexibility index (Phi) is 3.44. The fourth-order valence-electron chi connectivity index (χ4n) is 2.17. The van der Waals surface area contributed by atoms with E-state index in [9.17, 15) is 9.50 Å². The molecule has 2 unspecified atom stereocenters. The van der Waals surface area contributed by atoms with Gasteiger partial charge in [0.25, 0.3) is 0 Å². The first-order valence-corrected chi connectivity index (χ1v) is 6.11. The Morgan fingerprint density at radius 3 is 3.06 bits per heavy atom. The van der Waals surface area contributed by atoms with Crippen LogP contribution in [0.25, 0.3) is 0 Å². The molecule has 2 rings (SSSR count). The second-order valence-corrected chi connectivity index (χ2v) is 5.08. The predicted octanol–water partition coefficient (Wildman–Crippen LogP) is 2.19. The number of rotatable bonds is 2. The van der Waals surface area contributed by atoms with Gasteiger partial charge in [-0.05, 0) is 34.3 Å². The van der Waals surface area contributed by atoms with Gasteiger partial charge in [-0.3, -0.25) is 0 Å². The van der Waals surface area contributed by atoms with Crippen LogP contribution in [0.3, 0.4) is 0 Å². The minimum Gasteiger partial charge on any atom is -0.394 e. The summed E-state index contributed by atoms with van der Waals surface area (Å²) >= 11 is 3.18. The third kappa shape index (κ3) is 2.06. The van der Waals surface area contributed by atoms with Crippen LogP contribution in [0.1, 0.15) is 13.3 Å². The fourth-order valence-corrected chi connectivity index (χ4v) is 2.47. The highest BCUT2D eigenvalue weighted by molar-refractivity contribution is 9.10. The molecule has 0 radical (unpaired) electrons. The summed E-state index contributed by atoms with van der Waals surface area (Å²) < 4.78 is 14.3. The Hall–Kier alpha value is -0.680. The molecule has 0 bridgehead atoms. The summed E-state index contributed by atoms with van der Waals surface area (Å²) in [6, 6.07) is 1.38. The minimum atomic E-state index is -0.345. The molecule has 2 atom stereocenters. The van der Waals surface area contributed by atoms with Crippen molar-refractivity contribution in [1.29, 1.82) is 0 Å². The lowest BCUT2D eigenvalue weighted by atomic mass is 10.0. The lowest BCUT2D eigenvalue weighted by molar-refractivity contribution is 0.244. The molecule has 0 saturated carbocycles. The number of pyridine rings is 1. The Morgan fingerprint density at radius 2 is 2.44 bits per heavy atom. The van der Waals surface area contributed by atoms with Crippen molar-refractivity contribution in [2.24, 2.45) is 5.92 Å². The summed E-state index contributed by atoms with van der Waals surface area (Å²) in [5, 5.41) is 9.31. The Balaban J connectivity index is 2.30. The van der Waals surface area contributed by atoms with Crippen LogP contribution in [0.2, 0.25) is 0 Å². The third-order valence-electron chi connectivity index (χ3n) is 3.13. The van der Waals surface area contributed by atoms with Crippen LogP contribution in [0.4, 0.5) is 10.2 Å². The van der Waals surface area contributed by atoms with Gasteiger partial charge in [0, 0.05) is 17.2 Å². The lowest BCUT2D eigenvalue weighted by Crippen LogP contribution is -2.36. The second-order valence-electron chi connectivity index (χ2n) is 4.17. The Labute approximate surface area is 102 Å². The van der Waals surface area contributed by atoms with Crippen molar-refractivity contribution in [3.63, 3.8) is 0 Å². The zero-order chi connectivity index (χ0) is 11.7. The van der Waals surface area contributed by atoms with E-state index in [0.29, 0.717) is 16.2 Å². The number of aliphatic hydroxyl groups is 1. The molecule has 16 heavy (non-hydrogen) atoms. The first kappa shape index (κ1) is 11.8. The first-order chi connectivity index (χ1) is 7.63. The number of aliphatic hydroxyl groups excluding tert-OH is 1. The largest absolute Gasteiger partial charge is 0.394 e. The maximum absolute atomic E-state index is 13.7. The lowest BCUT2D eigenvalue weighted by Gasteiger charge is -2.26. The van der Waals surface area contributed by atoms with Gasteiger partial charge in [-0.25, -0.2) is 9.37 Å². The van der Waals surface area contributed by atoms with Gasteiger partial charge in [-0.1, -0.05) is 6.92 Å². The fraction of sp³-hybridized carbons (Fsp3) is 0.545. The van der Waals surface area contributed by atoms with Gasteiger partial charge >= 0.3 is 0 Å². The summed E-state index contributed by atoms with van der Waals surface area (Å²) in [7, 11) is 0. The van der Waals surface area contributed by atoms with E-state index in [2.05, 4.69) is 27.8 Å². The van der Waals surface area contributed by atoms with Gasteiger partial charge in [0.05, 0.1) is 12.6 Å². The smallest absolute Gasteiger partial charge is 0.166 e. The van der Waals surface area contributed by atoms with Gasteiger partial charge in [0.1, 0.15) is 0 Å². The van der Waals surface area contributed by atoms with Gasteiger partial charge < -0.3 is 10.0 Å². The first-order valence-electron chi connectivity index (χ1n) is 5.32. The van der Waals surface area contributed by atoms with Gasteiger partial charge in [-0.2, -0.15) is 0 Å².